The Morgan fingerprint density at radius 3 is 3.00 bits per heavy atom. The van der Waals surface area contributed by atoms with Crippen LogP contribution in [0.15, 0.2) is 24.0 Å². The molecular formula is C13H20O2. The molecule has 2 atom stereocenters. The topological polar surface area (TPSA) is 29.5 Å². The van der Waals surface area contributed by atoms with Gasteiger partial charge < -0.3 is 9.84 Å². The van der Waals surface area contributed by atoms with Crippen molar-refractivity contribution in [1.82, 2.24) is 0 Å². The zero-order chi connectivity index (χ0) is 10.7. The SMILES string of the molecule is CCC1C=CC(O)(C2=CCCCO2)CC1. The third kappa shape index (κ3) is 2.25. The van der Waals surface area contributed by atoms with Crippen molar-refractivity contribution in [3.8, 4) is 0 Å². The average Bonchev–Trinajstić information content (AvgIpc) is 2.31. The fourth-order valence-corrected chi connectivity index (χ4v) is 2.29. The highest BCUT2D eigenvalue weighted by Crippen LogP contribution is 2.34. The molecule has 1 heterocycles. The number of allylic oxidation sites excluding steroid dienone is 2. The predicted octanol–water partition coefficient (Wildman–Crippen LogP) is 2.79. The van der Waals surface area contributed by atoms with Crippen LogP contribution in [-0.2, 0) is 4.74 Å². The molecule has 84 valence electrons. The smallest absolute Gasteiger partial charge is 0.139 e. The lowest BCUT2D eigenvalue weighted by molar-refractivity contribution is 0.0257. The molecule has 0 saturated heterocycles. The Kier molecular flexibility index (Phi) is 3.15. The molecule has 0 aromatic heterocycles. The van der Waals surface area contributed by atoms with Gasteiger partial charge in [-0.15, -0.1) is 0 Å². The minimum absolute atomic E-state index is 0.634. The van der Waals surface area contributed by atoms with E-state index in [9.17, 15) is 5.11 Å². The van der Waals surface area contributed by atoms with E-state index in [0.29, 0.717) is 5.92 Å². The Morgan fingerprint density at radius 2 is 2.47 bits per heavy atom. The van der Waals surface area contributed by atoms with Gasteiger partial charge in [0.05, 0.1) is 6.61 Å². The fraction of sp³-hybridized carbons (Fsp3) is 0.692. The van der Waals surface area contributed by atoms with Crippen LogP contribution in [0.3, 0.4) is 0 Å². The second-order valence-corrected chi connectivity index (χ2v) is 4.55. The predicted molar refractivity (Wildman–Crippen MR) is 60.4 cm³/mol. The molecular weight excluding hydrogens is 188 g/mol. The molecule has 0 spiro atoms. The maximum absolute atomic E-state index is 10.4. The molecule has 0 aromatic rings. The third-order valence-corrected chi connectivity index (χ3v) is 3.43. The van der Waals surface area contributed by atoms with Crippen LogP contribution < -0.4 is 0 Å². The van der Waals surface area contributed by atoms with Crippen LogP contribution in [0.5, 0.6) is 0 Å². The number of ether oxygens (including phenoxy) is 1. The van der Waals surface area contributed by atoms with E-state index in [0.717, 1.165) is 44.5 Å². The van der Waals surface area contributed by atoms with Gasteiger partial charge in [0.1, 0.15) is 11.4 Å². The Morgan fingerprint density at radius 1 is 1.60 bits per heavy atom. The van der Waals surface area contributed by atoms with Crippen LogP contribution in [0.2, 0.25) is 0 Å². The Hall–Kier alpha value is -0.760. The van der Waals surface area contributed by atoms with E-state index in [4.69, 9.17) is 4.74 Å². The molecule has 2 rings (SSSR count). The van der Waals surface area contributed by atoms with Crippen molar-refractivity contribution in [2.45, 2.75) is 44.6 Å². The maximum Gasteiger partial charge on any atom is 0.139 e. The van der Waals surface area contributed by atoms with Crippen LogP contribution in [0.4, 0.5) is 0 Å². The summed E-state index contributed by atoms with van der Waals surface area (Å²) in [6, 6.07) is 0. The van der Waals surface area contributed by atoms with E-state index >= 15 is 0 Å². The molecule has 2 aliphatic rings. The van der Waals surface area contributed by atoms with Crippen molar-refractivity contribution in [1.29, 1.82) is 0 Å². The lowest BCUT2D eigenvalue weighted by Gasteiger charge is -2.33. The Balaban J connectivity index is 2.10. The van der Waals surface area contributed by atoms with Crippen LogP contribution in [0.1, 0.15) is 39.0 Å². The summed E-state index contributed by atoms with van der Waals surface area (Å²) < 4.78 is 5.55. The summed E-state index contributed by atoms with van der Waals surface area (Å²) in [7, 11) is 0. The van der Waals surface area contributed by atoms with Crippen molar-refractivity contribution < 1.29 is 9.84 Å². The summed E-state index contributed by atoms with van der Waals surface area (Å²) in [6.07, 6.45) is 11.2. The van der Waals surface area contributed by atoms with Crippen LogP contribution in [-0.4, -0.2) is 17.3 Å². The minimum Gasteiger partial charge on any atom is -0.495 e. The molecule has 2 unspecified atom stereocenters. The average molecular weight is 208 g/mol. The van der Waals surface area contributed by atoms with Crippen molar-refractivity contribution in [2.24, 2.45) is 5.92 Å². The summed E-state index contributed by atoms with van der Waals surface area (Å²) in [4.78, 5) is 0. The summed E-state index contributed by atoms with van der Waals surface area (Å²) in [5.74, 6) is 1.41. The van der Waals surface area contributed by atoms with E-state index in [1.54, 1.807) is 0 Å². The Labute approximate surface area is 91.6 Å². The van der Waals surface area contributed by atoms with E-state index in [1.165, 1.54) is 0 Å². The maximum atomic E-state index is 10.4. The van der Waals surface area contributed by atoms with Crippen LogP contribution in [0, 0.1) is 5.92 Å². The van der Waals surface area contributed by atoms with E-state index in [2.05, 4.69) is 13.0 Å². The molecule has 2 nitrogen and oxygen atoms in total. The highest BCUT2D eigenvalue weighted by atomic mass is 16.5. The molecule has 1 N–H and O–H groups in total. The van der Waals surface area contributed by atoms with E-state index in [1.807, 2.05) is 12.2 Å². The highest BCUT2D eigenvalue weighted by molar-refractivity contribution is 5.23. The number of hydrogen-bond acceptors (Lipinski definition) is 2. The van der Waals surface area contributed by atoms with Gasteiger partial charge >= 0.3 is 0 Å². The normalized spacial score (nSPS) is 35.9. The number of aliphatic hydroxyl groups is 1. The van der Waals surface area contributed by atoms with Crippen LogP contribution in [0.25, 0.3) is 0 Å². The first-order chi connectivity index (χ1) is 7.24. The van der Waals surface area contributed by atoms with Crippen molar-refractivity contribution in [3.63, 3.8) is 0 Å². The van der Waals surface area contributed by atoms with Crippen molar-refractivity contribution in [2.75, 3.05) is 6.61 Å². The molecule has 1 aliphatic carbocycles. The second kappa shape index (κ2) is 4.40. The summed E-state index contributed by atoms with van der Waals surface area (Å²) in [5.41, 5.74) is -0.813. The highest BCUT2D eigenvalue weighted by Gasteiger charge is 2.34. The minimum atomic E-state index is -0.813. The molecule has 0 radical (unpaired) electrons. The first-order valence-corrected chi connectivity index (χ1v) is 6.00. The summed E-state index contributed by atoms with van der Waals surface area (Å²) in [5, 5.41) is 10.4. The molecule has 15 heavy (non-hydrogen) atoms. The van der Waals surface area contributed by atoms with Crippen LogP contribution >= 0.6 is 0 Å². The fourth-order valence-electron chi connectivity index (χ4n) is 2.29. The number of rotatable bonds is 2. The van der Waals surface area contributed by atoms with Gasteiger partial charge in [0.15, 0.2) is 0 Å². The molecule has 0 bridgehead atoms. The van der Waals surface area contributed by atoms with Gasteiger partial charge in [0.25, 0.3) is 0 Å². The number of hydrogen-bond donors (Lipinski definition) is 1. The first kappa shape index (κ1) is 10.7. The molecule has 0 fully saturated rings. The van der Waals surface area contributed by atoms with Gasteiger partial charge in [-0.2, -0.15) is 0 Å². The van der Waals surface area contributed by atoms with Gasteiger partial charge in [0, 0.05) is 0 Å². The zero-order valence-electron chi connectivity index (χ0n) is 9.41. The molecule has 2 heteroatoms. The standard InChI is InChI=1S/C13H20O2/c1-2-11-6-8-13(14,9-7-11)12-5-3-4-10-15-12/h5-6,8,11,14H,2-4,7,9-10H2,1H3. The Bertz CT molecular complexity index is 280. The second-order valence-electron chi connectivity index (χ2n) is 4.55. The molecule has 0 saturated carbocycles. The summed E-state index contributed by atoms with van der Waals surface area (Å²) >= 11 is 0. The molecule has 0 aromatic carbocycles. The quantitative estimate of drug-likeness (QED) is 0.707. The van der Waals surface area contributed by atoms with Gasteiger partial charge in [-0.3, -0.25) is 0 Å². The lowest BCUT2D eigenvalue weighted by Crippen LogP contribution is -2.34. The van der Waals surface area contributed by atoms with Gasteiger partial charge in [-0.25, -0.2) is 0 Å². The van der Waals surface area contributed by atoms with E-state index in [-0.39, 0.29) is 0 Å². The van der Waals surface area contributed by atoms with Crippen molar-refractivity contribution >= 4 is 0 Å². The molecule has 1 aliphatic heterocycles. The van der Waals surface area contributed by atoms with Gasteiger partial charge in [-0.1, -0.05) is 13.0 Å². The zero-order valence-corrected chi connectivity index (χ0v) is 9.41. The van der Waals surface area contributed by atoms with E-state index < -0.39 is 5.60 Å². The van der Waals surface area contributed by atoms with Crippen molar-refractivity contribution in [3.05, 3.63) is 24.0 Å². The largest absolute Gasteiger partial charge is 0.495 e. The summed E-state index contributed by atoms with van der Waals surface area (Å²) in [6.45, 7) is 2.94. The third-order valence-electron chi connectivity index (χ3n) is 3.43. The lowest BCUT2D eigenvalue weighted by atomic mass is 9.82. The van der Waals surface area contributed by atoms with Gasteiger partial charge in [0.2, 0.25) is 0 Å². The van der Waals surface area contributed by atoms with Gasteiger partial charge in [-0.05, 0) is 50.2 Å². The monoisotopic (exact) mass is 208 g/mol. The molecule has 0 amide bonds. The first-order valence-electron chi connectivity index (χ1n) is 6.00.